The monoisotopic (exact) mass is 430 g/mol. The summed E-state index contributed by atoms with van der Waals surface area (Å²) in [5.41, 5.74) is 2.03. The molecular weight excluding hydrogens is 404 g/mol. The van der Waals surface area contributed by atoms with Crippen LogP contribution in [-0.4, -0.2) is 55.4 Å². The number of nitrogens with zero attached hydrogens (tertiary/aromatic N) is 4. The minimum absolute atomic E-state index is 0.199. The Morgan fingerprint density at radius 1 is 0.969 bits per heavy atom. The standard InChI is InChI=1S/C25H26N4O3/c1-28-12-14-29(15-13-28)22-8-5-6-18-10-11-19(16-21(18)22)31-17-24-26-25(27-32-24)20-7-3-4-9-23(20)30-2/h3-11,16H,12-15,17H2,1-2H3. The Morgan fingerprint density at radius 2 is 1.81 bits per heavy atom. The van der Waals surface area contributed by atoms with E-state index in [1.54, 1.807) is 7.11 Å². The summed E-state index contributed by atoms with van der Waals surface area (Å²) in [4.78, 5) is 9.28. The van der Waals surface area contributed by atoms with E-state index >= 15 is 0 Å². The van der Waals surface area contributed by atoms with E-state index in [1.807, 2.05) is 30.3 Å². The van der Waals surface area contributed by atoms with E-state index in [-0.39, 0.29) is 6.61 Å². The van der Waals surface area contributed by atoms with Gasteiger partial charge in [-0.25, -0.2) is 0 Å². The molecule has 1 aliphatic rings. The molecule has 7 heteroatoms. The Morgan fingerprint density at radius 3 is 2.66 bits per heavy atom. The Hall–Kier alpha value is -3.58. The van der Waals surface area contributed by atoms with E-state index in [0.29, 0.717) is 17.5 Å². The van der Waals surface area contributed by atoms with Crippen molar-refractivity contribution < 1.29 is 14.0 Å². The SMILES string of the molecule is COc1ccccc1-c1noc(COc2ccc3cccc(N4CCN(C)CC4)c3c2)n1. The topological polar surface area (TPSA) is 63.9 Å². The van der Waals surface area contributed by atoms with E-state index in [1.165, 1.54) is 16.5 Å². The van der Waals surface area contributed by atoms with E-state index in [0.717, 1.165) is 37.5 Å². The molecule has 1 aromatic heterocycles. The molecule has 5 rings (SSSR count). The van der Waals surface area contributed by atoms with Crippen molar-refractivity contribution in [2.45, 2.75) is 6.61 Å². The minimum atomic E-state index is 0.199. The maximum atomic E-state index is 6.01. The molecule has 1 saturated heterocycles. The normalized spacial score (nSPS) is 14.6. The number of rotatable bonds is 6. The fraction of sp³-hybridized carbons (Fsp3) is 0.280. The van der Waals surface area contributed by atoms with Crippen molar-refractivity contribution in [1.29, 1.82) is 0 Å². The highest BCUT2D eigenvalue weighted by Crippen LogP contribution is 2.31. The number of para-hydroxylation sites is 1. The van der Waals surface area contributed by atoms with Gasteiger partial charge < -0.3 is 23.8 Å². The third-order valence-electron chi connectivity index (χ3n) is 5.85. The van der Waals surface area contributed by atoms with E-state index in [4.69, 9.17) is 14.0 Å². The van der Waals surface area contributed by atoms with Crippen LogP contribution in [0.4, 0.5) is 5.69 Å². The van der Waals surface area contributed by atoms with Crippen LogP contribution in [-0.2, 0) is 6.61 Å². The first-order valence-electron chi connectivity index (χ1n) is 10.8. The van der Waals surface area contributed by atoms with Gasteiger partial charge in [-0.3, -0.25) is 0 Å². The quantitative estimate of drug-likeness (QED) is 0.454. The molecule has 0 saturated carbocycles. The molecule has 0 aliphatic carbocycles. The smallest absolute Gasteiger partial charge is 0.264 e. The third-order valence-corrected chi connectivity index (χ3v) is 5.85. The second-order valence-electron chi connectivity index (χ2n) is 7.95. The molecule has 2 heterocycles. The van der Waals surface area contributed by atoms with Crippen LogP contribution in [0.1, 0.15) is 5.89 Å². The van der Waals surface area contributed by atoms with Gasteiger partial charge in [-0.2, -0.15) is 4.98 Å². The molecule has 0 bridgehead atoms. The highest BCUT2D eigenvalue weighted by Gasteiger charge is 2.17. The Balaban J connectivity index is 1.34. The predicted octanol–water partition coefficient (Wildman–Crippen LogP) is 4.23. The molecular formula is C25H26N4O3. The molecule has 0 spiro atoms. The molecule has 0 unspecified atom stereocenters. The number of likely N-dealkylation sites (N-methyl/N-ethyl adjacent to an activating group) is 1. The number of hydrogen-bond acceptors (Lipinski definition) is 7. The van der Waals surface area contributed by atoms with Crippen LogP contribution in [0.25, 0.3) is 22.2 Å². The fourth-order valence-electron chi connectivity index (χ4n) is 4.05. The average Bonchev–Trinajstić information content (AvgIpc) is 3.32. The van der Waals surface area contributed by atoms with Crippen molar-refractivity contribution in [3.8, 4) is 22.9 Å². The Kier molecular flexibility index (Phi) is 5.64. The number of fused-ring (bicyclic) bond motifs is 1. The van der Waals surface area contributed by atoms with Crippen molar-refractivity contribution in [3.63, 3.8) is 0 Å². The van der Waals surface area contributed by atoms with Gasteiger partial charge in [-0.15, -0.1) is 0 Å². The van der Waals surface area contributed by atoms with Gasteiger partial charge in [-0.05, 0) is 42.8 Å². The van der Waals surface area contributed by atoms with Gasteiger partial charge in [0, 0.05) is 37.3 Å². The second-order valence-corrected chi connectivity index (χ2v) is 7.95. The lowest BCUT2D eigenvalue weighted by Crippen LogP contribution is -2.44. The maximum Gasteiger partial charge on any atom is 0.264 e. The van der Waals surface area contributed by atoms with Gasteiger partial charge in [0.05, 0.1) is 12.7 Å². The zero-order valence-corrected chi connectivity index (χ0v) is 18.3. The fourth-order valence-corrected chi connectivity index (χ4v) is 4.05. The van der Waals surface area contributed by atoms with Crippen LogP contribution < -0.4 is 14.4 Å². The lowest BCUT2D eigenvalue weighted by molar-refractivity contribution is 0.243. The maximum absolute atomic E-state index is 6.01. The number of benzene rings is 3. The Labute approximate surface area is 187 Å². The largest absolute Gasteiger partial charge is 0.496 e. The number of methoxy groups -OCH3 is 1. The summed E-state index contributed by atoms with van der Waals surface area (Å²) in [6.07, 6.45) is 0. The number of anilines is 1. The summed E-state index contributed by atoms with van der Waals surface area (Å²) < 4.78 is 16.8. The van der Waals surface area contributed by atoms with E-state index in [9.17, 15) is 0 Å². The van der Waals surface area contributed by atoms with Crippen LogP contribution in [0.15, 0.2) is 65.2 Å². The van der Waals surface area contributed by atoms with Crippen molar-refractivity contribution in [2.75, 3.05) is 45.2 Å². The molecule has 4 aromatic rings. The molecule has 32 heavy (non-hydrogen) atoms. The van der Waals surface area contributed by atoms with Gasteiger partial charge in [0.15, 0.2) is 6.61 Å². The molecule has 0 radical (unpaired) electrons. The number of hydrogen-bond donors (Lipinski definition) is 0. The lowest BCUT2D eigenvalue weighted by Gasteiger charge is -2.34. The van der Waals surface area contributed by atoms with Crippen LogP contribution in [0.5, 0.6) is 11.5 Å². The van der Waals surface area contributed by atoms with Gasteiger partial charge in [0.1, 0.15) is 11.5 Å². The number of piperazine rings is 1. The van der Waals surface area contributed by atoms with Crippen molar-refractivity contribution >= 4 is 16.5 Å². The number of ether oxygens (including phenoxy) is 2. The molecule has 3 aromatic carbocycles. The summed E-state index contributed by atoms with van der Waals surface area (Å²) in [5.74, 6) is 2.37. The van der Waals surface area contributed by atoms with Gasteiger partial charge in [0.2, 0.25) is 5.82 Å². The van der Waals surface area contributed by atoms with Crippen LogP contribution in [0.3, 0.4) is 0 Å². The minimum Gasteiger partial charge on any atom is -0.496 e. The van der Waals surface area contributed by atoms with Gasteiger partial charge in [-0.1, -0.05) is 35.5 Å². The average molecular weight is 431 g/mol. The first-order valence-corrected chi connectivity index (χ1v) is 10.8. The zero-order chi connectivity index (χ0) is 21.9. The highest BCUT2D eigenvalue weighted by molar-refractivity contribution is 5.95. The molecule has 7 nitrogen and oxygen atoms in total. The molecule has 1 fully saturated rings. The summed E-state index contributed by atoms with van der Waals surface area (Å²) in [5, 5.41) is 6.47. The molecule has 0 atom stereocenters. The third kappa shape index (κ3) is 4.11. The summed E-state index contributed by atoms with van der Waals surface area (Å²) in [7, 11) is 3.79. The summed E-state index contributed by atoms with van der Waals surface area (Å²) >= 11 is 0. The molecule has 0 amide bonds. The molecule has 0 N–H and O–H groups in total. The van der Waals surface area contributed by atoms with Crippen molar-refractivity contribution in [2.24, 2.45) is 0 Å². The van der Waals surface area contributed by atoms with E-state index < -0.39 is 0 Å². The van der Waals surface area contributed by atoms with E-state index in [2.05, 4.69) is 57.3 Å². The van der Waals surface area contributed by atoms with Crippen molar-refractivity contribution in [3.05, 3.63) is 66.6 Å². The summed E-state index contributed by atoms with van der Waals surface area (Å²) in [6.45, 7) is 4.38. The predicted molar refractivity (Wildman–Crippen MR) is 124 cm³/mol. The zero-order valence-electron chi connectivity index (χ0n) is 18.3. The molecule has 1 aliphatic heterocycles. The molecule has 164 valence electrons. The second kappa shape index (κ2) is 8.88. The van der Waals surface area contributed by atoms with Gasteiger partial charge in [0.25, 0.3) is 5.89 Å². The first-order chi connectivity index (χ1) is 15.7. The highest BCUT2D eigenvalue weighted by atomic mass is 16.5. The van der Waals surface area contributed by atoms with Crippen LogP contribution in [0, 0.1) is 0 Å². The first kappa shape index (κ1) is 20.3. The van der Waals surface area contributed by atoms with Crippen molar-refractivity contribution in [1.82, 2.24) is 15.0 Å². The van der Waals surface area contributed by atoms with Crippen LogP contribution in [0.2, 0.25) is 0 Å². The Bertz CT molecular complexity index is 1210. The van der Waals surface area contributed by atoms with Gasteiger partial charge >= 0.3 is 0 Å². The number of aromatic nitrogens is 2. The summed E-state index contributed by atoms with van der Waals surface area (Å²) in [6, 6.07) is 20.2. The van der Waals surface area contributed by atoms with Crippen LogP contribution >= 0.6 is 0 Å². The lowest BCUT2D eigenvalue weighted by atomic mass is 10.1.